The minimum absolute atomic E-state index is 0.619. The first-order valence-corrected chi connectivity index (χ1v) is 14.0. The maximum Gasteiger partial charge on any atom is 0.258 e. The van der Waals surface area contributed by atoms with Crippen molar-refractivity contribution in [3.05, 3.63) is 29.3 Å². The highest BCUT2D eigenvalue weighted by atomic mass is 28.4. The molecule has 0 radical (unpaired) electrons. The molecular weight excluding hydrogens is 358 g/mol. The van der Waals surface area contributed by atoms with Gasteiger partial charge in [0.1, 0.15) is 5.75 Å². The molecule has 3 rings (SSSR count). The van der Waals surface area contributed by atoms with Gasteiger partial charge in [-0.3, -0.25) is 4.90 Å². The Labute approximate surface area is 175 Å². The fraction of sp³-hybridized carbons (Fsp3) is 0.760. The average molecular weight is 402 g/mol. The van der Waals surface area contributed by atoms with Gasteiger partial charge in [-0.15, -0.1) is 0 Å². The third kappa shape index (κ3) is 4.07. The highest BCUT2D eigenvalue weighted by Crippen LogP contribution is 2.44. The summed E-state index contributed by atoms with van der Waals surface area (Å²) in [6, 6.07) is 7.85. The van der Waals surface area contributed by atoms with Gasteiger partial charge in [0.05, 0.1) is 0 Å². The highest BCUT2D eigenvalue weighted by Gasteiger charge is 2.47. The summed E-state index contributed by atoms with van der Waals surface area (Å²) in [5.41, 5.74) is 5.00. The predicted octanol–water partition coefficient (Wildman–Crippen LogP) is 6.83. The minimum Gasteiger partial charge on any atom is -0.543 e. The summed E-state index contributed by atoms with van der Waals surface area (Å²) >= 11 is 0. The molecule has 0 saturated carbocycles. The second-order valence-electron chi connectivity index (χ2n) is 10.3. The number of hydrogen-bond acceptors (Lipinski definition) is 2. The van der Waals surface area contributed by atoms with Crippen molar-refractivity contribution >= 4 is 8.32 Å². The van der Waals surface area contributed by atoms with Gasteiger partial charge in [0.25, 0.3) is 8.32 Å². The Morgan fingerprint density at radius 2 is 1.68 bits per heavy atom. The summed E-state index contributed by atoms with van der Waals surface area (Å²) in [4.78, 5) is 2.77. The molecule has 0 spiro atoms. The molecule has 0 N–H and O–H groups in total. The zero-order chi connectivity index (χ0) is 20.5. The van der Waals surface area contributed by atoms with E-state index in [0.29, 0.717) is 16.6 Å². The standard InChI is InChI=1S/C25H43NOSi/c1-8-13-26-14-9-10-22-15-23-16-24(12-11-21(23)17-25(22)26)27-28(18(2)3,19(4)5)20(6)7/h11-12,16,18-20,22,25H,8-10,13-15,17H2,1-7H3/t22-,25-/m1/s1. The summed E-state index contributed by atoms with van der Waals surface area (Å²) < 4.78 is 6.98. The van der Waals surface area contributed by atoms with Crippen LogP contribution in [0.3, 0.4) is 0 Å². The van der Waals surface area contributed by atoms with Gasteiger partial charge in [-0.1, -0.05) is 54.5 Å². The van der Waals surface area contributed by atoms with Crippen LogP contribution in [0.25, 0.3) is 0 Å². The molecule has 1 aromatic rings. The lowest BCUT2D eigenvalue weighted by molar-refractivity contribution is 0.0855. The molecule has 0 unspecified atom stereocenters. The third-order valence-corrected chi connectivity index (χ3v) is 13.6. The van der Waals surface area contributed by atoms with Crippen LogP contribution in [-0.2, 0) is 12.8 Å². The van der Waals surface area contributed by atoms with Crippen LogP contribution >= 0.6 is 0 Å². The Morgan fingerprint density at radius 3 is 2.29 bits per heavy atom. The molecule has 2 atom stereocenters. The van der Waals surface area contributed by atoms with E-state index in [1.165, 1.54) is 45.2 Å². The highest BCUT2D eigenvalue weighted by molar-refractivity contribution is 6.78. The normalized spacial score (nSPS) is 23.2. The molecule has 1 fully saturated rings. The van der Waals surface area contributed by atoms with Crippen LogP contribution in [0.1, 0.15) is 78.9 Å². The van der Waals surface area contributed by atoms with Crippen LogP contribution in [0.5, 0.6) is 5.75 Å². The van der Waals surface area contributed by atoms with Crippen molar-refractivity contribution in [2.24, 2.45) is 5.92 Å². The number of nitrogens with zero attached hydrogens (tertiary/aromatic N) is 1. The van der Waals surface area contributed by atoms with Crippen molar-refractivity contribution in [2.75, 3.05) is 13.1 Å². The molecule has 28 heavy (non-hydrogen) atoms. The summed E-state index contributed by atoms with van der Waals surface area (Å²) in [6.45, 7) is 19.1. The van der Waals surface area contributed by atoms with Crippen molar-refractivity contribution in [3.63, 3.8) is 0 Å². The largest absolute Gasteiger partial charge is 0.543 e. The second kappa shape index (κ2) is 8.91. The summed E-state index contributed by atoms with van der Waals surface area (Å²) in [5, 5.41) is 0. The van der Waals surface area contributed by atoms with Crippen molar-refractivity contribution in [1.82, 2.24) is 4.90 Å². The lowest BCUT2D eigenvalue weighted by atomic mass is 9.75. The molecule has 3 heteroatoms. The SMILES string of the molecule is CCCN1CCC[C@@H]2Cc3cc(O[Si](C(C)C)(C(C)C)C(C)C)ccc3C[C@H]21. The van der Waals surface area contributed by atoms with Gasteiger partial charge in [-0.25, -0.2) is 0 Å². The van der Waals surface area contributed by atoms with E-state index in [0.717, 1.165) is 17.7 Å². The Kier molecular flexibility index (Phi) is 6.97. The topological polar surface area (TPSA) is 12.5 Å². The van der Waals surface area contributed by atoms with E-state index in [1.807, 2.05) is 0 Å². The number of rotatable bonds is 7. The molecule has 1 saturated heterocycles. The van der Waals surface area contributed by atoms with Crippen LogP contribution in [0.2, 0.25) is 16.6 Å². The van der Waals surface area contributed by atoms with Crippen molar-refractivity contribution in [2.45, 2.75) is 103 Å². The Morgan fingerprint density at radius 1 is 1.00 bits per heavy atom. The zero-order valence-corrected chi connectivity index (χ0v) is 20.4. The molecule has 2 aliphatic rings. The Balaban J connectivity index is 1.85. The summed E-state index contributed by atoms with van der Waals surface area (Å²) in [6.07, 6.45) is 6.53. The molecule has 158 valence electrons. The molecule has 0 bridgehead atoms. The monoisotopic (exact) mass is 401 g/mol. The number of piperidine rings is 1. The Bertz CT molecular complexity index is 630. The quantitative estimate of drug-likeness (QED) is 0.464. The van der Waals surface area contributed by atoms with Crippen LogP contribution in [-0.4, -0.2) is 32.3 Å². The maximum atomic E-state index is 6.98. The summed E-state index contributed by atoms with van der Waals surface area (Å²) in [7, 11) is -1.88. The lowest BCUT2D eigenvalue weighted by Gasteiger charge is -2.45. The van der Waals surface area contributed by atoms with Crippen molar-refractivity contribution in [1.29, 1.82) is 0 Å². The van der Waals surface area contributed by atoms with E-state index in [9.17, 15) is 0 Å². The zero-order valence-electron chi connectivity index (χ0n) is 19.4. The number of fused-ring (bicyclic) bond motifs is 2. The number of hydrogen-bond donors (Lipinski definition) is 0. The maximum absolute atomic E-state index is 6.98. The van der Waals surface area contributed by atoms with Crippen molar-refractivity contribution < 1.29 is 4.43 Å². The van der Waals surface area contributed by atoms with Crippen LogP contribution in [0, 0.1) is 5.92 Å². The number of likely N-dealkylation sites (tertiary alicyclic amines) is 1. The summed E-state index contributed by atoms with van der Waals surface area (Å²) in [5.74, 6) is 1.98. The van der Waals surface area contributed by atoms with Crippen LogP contribution < -0.4 is 4.43 Å². The van der Waals surface area contributed by atoms with E-state index in [1.54, 1.807) is 11.1 Å². The van der Waals surface area contributed by atoms with Gasteiger partial charge >= 0.3 is 0 Å². The average Bonchev–Trinajstić information content (AvgIpc) is 2.64. The van der Waals surface area contributed by atoms with E-state index >= 15 is 0 Å². The van der Waals surface area contributed by atoms with Gasteiger partial charge in [0.15, 0.2) is 0 Å². The molecule has 1 aromatic carbocycles. The first-order valence-electron chi connectivity index (χ1n) is 11.8. The van der Waals surface area contributed by atoms with E-state index < -0.39 is 8.32 Å². The van der Waals surface area contributed by atoms with E-state index in [-0.39, 0.29) is 0 Å². The van der Waals surface area contributed by atoms with E-state index in [2.05, 4.69) is 71.6 Å². The Hall–Kier alpha value is -0.803. The first kappa shape index (κ1) is 21.9. The molecule has 1 aliphatic heterocycles. The van der Waals surface area contributed by atoms with Gasteiger partial charge < -0.3 is 4.43 Å². The number of benzene rings is 1. The minimum atomic E-state index is -1.88. The molecule has 1 heterocycles. The lowest BCUT2D eigenvalue weighted by Crippen LogP contribution is -2.51. The van der Waals surface area contributed by atoms with Crippen molar-refractivity contribution in [3.8, 4) is 5.75 Å². The molecule has 0 aromatic heterocycles. The second-order valence-corrected chi connectivity index (χ2v) is 15.6. The predicted molar refractivity (Wildman–Crippen MR) is 124 cm³/mol. The fourth-order valence-corrected chi connectivity index (χ4v) is 11.7. The molecule has 2 nitrogen and oxygen atoms in total. The van der Waals surface area contributed by atoms with E-state index in [4.69, 9.17) is 4.43 Å². The molecule has 1 aliphatic carbocycles. The smallest absolute Gasteiger partial charge is 0.258 e. The first-order chi connectivity index (χ1) is 13.3. The van der Waals surface area contributed by atoms with Crippen LogP contribution in [0.15, 0.2) is 18.2 Å². The molecular formula is C25H43NOSi. The molecule has 0 amide bonds. The van der Waals surface area contributed by atoms with Crippen LogP contribution in [0.4, 0.5) is 0 Å². The van der Waals surface area contributed by atoms with Gasteiger partial charge in [-0.2, -0.15) is 0 Å². The third-order valence-electron chi connectivity index (χ3n) is 7.63. The van der Waals surface area contributed by atoms with Gasteiger partial charge in [0.2, 0.25) is 0 Å². The fourth-order valence-electron chi connectivity index (χ4n) is 6.43. The van der Waals surface area contributed by atoms with Gasteiger partial charge in [-0.05, 0) is 91.0 Å². The van der Waals surface area contributed by atoms with Gasteiger partial charge in [0, 0.05) is 6.04 Å².